The van der Waals surface area contributed by atoms with Gasteiger partial charge in [-0.2, -0.15) is 9.97 Å². The maximum atomic E-state index is 9.85. The molecule has 0 saturated carbocycles. The molecule has 2 saturated heterocycles. The lowest BCUT2D eigenvalue weighted by Gasteiger charge is -2.34. The Morgan fingerprint density at radius 2 is 2.11 bits per heavy atom. The van der Waals surface area contributed by atoms with Crippen LogP contribution in [0.4, 0.5) is 11.8 Å². The van der Waals surface area contributed by atoms with Gasteiger partial charge in [-0.05, 0) is 44.9 Å². The van der Waals surface area contributed by atoms with Crippen LogP contribution in [-0.2, 0) is 4.74 Å². The second kappa shape index (κ2) is 9.05. The van der Waals surface area contributed by atoms with Gasteiger partial charge in [-0.25, -0.2) is 4.98 Å². The van der Waals surface area contributed by atoms with Gasteiger partial charge in [0.2, 0.25) is 5.95 Å². The molecule has 2 aliphatic rings. The number of anilines is 2. The normalized spacial score (nSPS) is 23.3. The molecular formula is C20H32N6O2. The summed E-state index contributed by atoms with van der Waals surface area (Å²) < 4.78 is 8.04. The van der Waals surface area contributed by atoms with E-state index in [9.17, 15) is 5.11 Å². The molecule has 2 unspecified atom stereocenters. The van der Waals surface area contributed by atoms with Gasteiger partial charge in [0.1, 0.15) is 6.23 Å². The van der Waals surface area contributed by atoms with E-state index in [0.29, 0.717) is 5.95 Å². The van der Waals surface area contributed by atoms with Crippen molar-refractivity contribution in [2.45, 2.75) is 70.6 Å². The van der Waals surface area contributed by atoms with E-state index < -0.39 is 0 Å². The highest BCUT2D eigenvalue weighted by Gasteiger charge is 2.27. The number of piperidine rings is 1. The quantitative estimate of drug-likeness (QED) is 0.705. The monoisotopic (exact) mass is 388 g/mol. The average Bonchev–Trinajstić information content (AvgIpc) is 3.18. The lowest BCUT2D eigenvalue weighted by atomic mass is 10.0. The van der Waals surface area contributed by atoms with Gasteiger partial charge in [-0.15, -0.1) is 0 Å². The van der Waals surface area contributed by atoms with Gasteiger partial charge in [-0.3, -0.25) is 4.57 Å². The topological polar surface area (TPSA) is 88.3 Å². The fourth-order valence-corrected chi connectivity index (χ4v) is 4.15. The van der Waals surface area contributed by atoms with Crippen LogP contribution >= 0.6 is 0 Å². The van der Waals surface area contributed by atoms with E-state index in [4.69, 9.17) is 14.7 Å². The Labute approximate surface area is 166 Å². The number of hydrogen-bond donors (Lipinski definition) is 2. The number of nitrogens with zero attached hydrogens (tertiary/aromatic N) is 5. The summed E-state index contributed by atoms with van der Waals surface area (Å²) in [6, 6.07) is 0.0805. The number of aliphatic hydroxyl groups is 1. The number of unbranched alkanes of at least 4 members (excludes halogenated alkanes) is 1. The Hall–Kier alpha value is -1.93. The summed E-state index contributed by atoms with van der Waals surface area (Å²) in [6.07, 6.45) is 10.5. The van der Waals surface area contributed by atoms with E-state index in [1.165, 1.54) is 0 Å². The highest BCUT2D eigenvalue weighted by Crippen LogP contribution is 2.31. The summed E-state index contributed by atoms with van der Waals surface area (Å²) in [5, 5.41) is 13.3. The van der Waals surface area contributed by atoms with Crippen LogP contribution in [0.15, 0.2) is 6.33 Å². The Kier molecular flexibility index (Phi) is 6.26. The van der Waals surface area contributed by atoms with Crippen molar-refractivity contribution in [3.8, 4) is 0 Å². The van der Waals surface area contributed by atoms with E-state index in [0.717, 1.165) is 88.0 Å². The van der Waals surface area contributed by atoms with Crippen molar-refractivity contribution in [2.75, 3.05) is 36.5 Å². The van der Waals surface area contributed by atoms with E-state index in [-0.39, 0.29) is 18.9 Å². The third kappa shape index (κ3) is 3.93. The lowest BCUT2D eigenvalue weighted by molar-refractivity contribution is -0.0298. The first-order valence-electron chi connectivity index (χ1n) is 10.8. The summed E-state index contributed by atoms with van der Waals surface area (Å²) in [6.45, 7) is 4.82. The Morgan fingerprint density at radius 1 is 1.21 bits per heavy atom. The first-order chi connectivity index (χ1) is 13.8. The van der Waals surface area contributed by atoms with Crippen LogP contribution in [0.5, 0.6) is 0 Å². The molecule has 0 aliphatic carbocycles. The zero-order chi connectivity index (χ0) is 19.3. The molecule has 2 atom stereocenters. The molecule has 2 aliphatic heterocycles. The first-order valence-corrected chi connectivity index (χ1v) is 10.8. The number of imidazole rings is 1. The number of ether oxygens (including phenoxy) is 1. The van der Waals surface area contributed by atoms with Gasteiger partial charge < -0.3 is 20.1 Å². The van der Waals surface area contributed by atoms with Gasteiger partial charge in [0.05, 0.1) is 19.0 Å². The van der Waals surface area contributed by atoms with Crippen molar-refractivity contribution >= 4 is 22.9 Å². The van der Waals surface area contributed by atoms with Crippen molar-refractivity contribution < 1.29 is 9.84 Å². The van der Waals surface area contributed by atoms with Crippen LogP contribution in [0, 0.1) is 0 Å². The molecule has 2 N–H and O–H groups in total. The number of aromatic nitrogens is 4. The van der Waals surface area contributed by atoms with E-state index in [1.54, 1.807) is 0 Å². The number of fused-ring (bicyclic) bond motifs is 1. The molecule has 0 amide bonds. The molecule has 28 heavy (non-hydrogen) atoms. The van der Waals surface area contributed by atoms with Gasteiger partial charge in [0.15, 0.2) is 17.0 Å². The molecule has 2 aromatic rings. The number of nitrogens with one attached hydrogen (secondary N) is 1. The van der Waals surface area contributed by atoms with Crippen LogP contribution in [-0.4, -0.2) is 57.0 Å². The highest BCUT2D eigenvalue weighted by molar-refractivity contribution is 5.84. The van der Waals surface area contributed by atoms with Gasteiger partial charge >= 0.3 is 0 Å². The number of rotatable bonds is 7. The van der Waals surface area contributed by atoms with Crippen molar-refractivity contribution in [3.63, 3.8) is 0 Å². The molecule has 2 fully saturated rings. The SMILES string of the molecule is CCCCNc1nc(N2CCCCC2CO)nc2c1ncn2C1CCCCO1. The standard InChI is InChI=1S/C20H32N6O2/c1-2-3-10-21-18-17-19(26(14-22-17)16-9-5-7-12-28-16)24-20(23-18)25-11-6-4-8-15(25)13-27/h14-16,27H,2-13H2,1H3,(H,21,23,24). The number of hydrogen-bond acceptors (Lipinski definition) is 7. The Balaban J connectivity index is 1.73. The van der Waals surface area contributed by atoms with E-state index in [2.05, 4.69) is 26.7 Å². The third-order valence-electron chi connectivity index (χ3n) is 5.79. The molecule has 4 rings (SSSR count). The van der Waals surface area contributed by atoms with Crippen LogP contribution in [0.25, 0.3) is 11.2 Å². The molecule has 0 spiro atoms. The summed E-state index contributed by atoms with van der Waals surface area (Å²) in [7, 11) is 0. The molecule has 0 radical (unpaired) electrons. The van der Waals surface area contributed by atoms with Crippen LogP contribution < -0.4 is 10.2 Å². The summed E-state index contributed by atoms with van der Waals surface area (Å²) in [5.74, 6) is 1.47. The minimum absolute atomic E-state index is 0.0139. The van der Waals surface area contributed by atoms with Gasteiger partial charge in [-0.1, -0.05) is 13.3 Å². The van der Waals surface area contributed by atoms with E-state index in [1.807, 2.05) is 6.33 Å². The molecular weight excluding hydrogens is 356 g/mol. The van der Waals surface area contributed by atoms with Crippen molar-refractivity contribution in [2.24, 2.45) is 0 Å². The minimum Gasteiger partial charge on any atom is -0.394 e. The molecule has 8 heteroatoms. The second-order valence-electron chi connectivity index (χ2n) is 7.82. The summed E-state index contributed by atoms with van der Waals surface area (Å²) in [5.41, 5.74) is 1.62. The van der Waals surface area contributed by atoms with Crippen molar-refractivity contribution in [3.05, 3.63) is 6.33 Å². The zero-order valence-corrected chi connectivity index (χ0v) is 16.8. The largest absolute Gasteiger partial charge is 0.394 e. The van der Waals surface area contributed by atoms with Crippen molar-refractivity contribution in [1.82, 2.24) is 19.5 Å². The van der Waals surface area contributed by atoms with Crippen LogP contribution in [0.2, 0.25) is 0 Å². The molecule has 0 aromatic carbocycles. The fraction of sp³-hybridized carbons (Fsp3) is 0.750. The second-order valence-corrected chi connectivity index (χ2v) is 7.82. The molecule has 4 heterocycles. The van der Waals surface area contributed by atoms with Gasteiger partial charge in [0.25, 0.3) is 0 Å². The van der Waals surface area contributed by atoms with Gasteiger partial charge in [0, 0.05) is 19.7 Å². The molecule has 0 bridgehead atoms. The Morgan fingerprint density at radius 3 is 2.89 bits per heavy atom. The highest BCUT2D eigenvalue weighted by atomic mass is 16.5. The first kappa shape index (κ1) is 19.4. The predicted molar refractivity (Wildman–Crippen MR) is 110 cm³/mol. The maximum absolute atomic E-state index is 9.85. The third-order valence-corrected chi connectivity index (χ3v) is 5.79. The maximum Gasteiger partial charge on any atom is 0.229 e. The lowest BCUT2D eigenvalue weighted by Crippen LogP contribution is -2.43. The minimum atomic E-state index is -0.0139. The van der Waals surface area contributed by atoms with Crippen molar-refractivity contribution in [1.29, 1.82) is 0 Å². The fourth-order valence-electron chi connectivity index (χ4n) is 4.15. The summed E-state index contributed by atoms with van der Waals surface area (Å²) >= 11 is 0. The zero-order valence-electron chi connectivity index (χ0n) is 16.8. The van der Waals surface area contributed by atoms with Crippen LogP contribution in [0.1, 0.15) is 64.5 Å². The Bertz CT molecular complexity index is 773. The van der Waals surface area contributed by atoms with E-state index >= 15 is 0 Å². The molecule has 154 valence electrons. The summed E-state index contributed by atoms with van der Waals surface area (Å²) in [4.78, 5) is 16.5. The average molecular weight is 389 g/mol. The van der Waals surface area contributed by atoms with Crippen LogP contribution in [0.3, 0.4) is 0 Å². The molecule has 2 aromatic heterocycles. The smallest absolute Gasteiger partial charge is 0.229 e. The predicted octanol–water partition coefficient (Wildman–Crippen LogP) is 3.09. The number of aliphatic hydroxyl groups excluding tert-OH is 1. The molecule has 8 nitrogen and oxygen atoms in total.